The van der Waals surface area contributed by atoms with Crippen LogP contribution in [-0.2, 0) is 0 Å². The number of nitrogens with zero attached hydrogens (tertiary/aromatic N) is 1. The molecule has 6 heteroatoms. The van der Waals surface area contributed by atoms with Gasteiger partial charge >= 0.3 is 0 Å². The quantitative estimate of drug-likeness (QED) is 0.855. The molecule has 0 radical (unpaired) electrons. The average Bonchev–Trinajstić information content (AvgIpc) is 2.40. The SMILES string of the molecule is CCC(C)Oc1cc(=O)[nH]c(Sc2ccc(Cl)cc2)n1. The second kappa shape index (κ2) is 6.81. The monoisotopic (exact) mass is 310 g/mol. The number of nitrogens with one attached hydrogen (secondary N) is 1. The van der Waals surface area contributed by atoms with Crippen LogP contribution >= 0.6 is 23.4 Å². The first kappa shape index (κ1) is 14.9. The average molecular weight is 311 g/mol. The van der Waals surface area contributed by atoms with Crippen molar-refractivity contribution in [3.63, 3.8) is 0 Å². The largest absolute Gasteiger partial charge is 0.474 e. The summed E-state index contributed by atoms with van der Waals surface area (Å²) in [6, 6.07) is 8.69. The van der Waals surface area contributed by atoms with Gasteiger partial charge in [-0.2, -0.15) is 4.98 Å². The molecule has 0 amide bonds. The fraction of sp³-hybridized carbons (Fsp3) is 0.286. The minimum absolute atomic E-state index is 0.0256. The molecule has 20 heavy (non-hydrogen) atoms. The zero-order valence-corrected chi connectivity index (χ0v) is 12.8. The molecule has 4 nitrogen and oxygen atoms in total. The van der Waals surface area contributed by atoms with Gasteiger partial charge in [-0.1, -0.05) is 30.3 Å². The maximum atomic E-state index is 11.6. The summed E-state index contributed by atoms with van der Waals surface area (Å²) >= 11 is 7.19. The fourth-order valence-corrected chi connectivity index (χ4v) is 2.34. The van der Waals surface area contributed by atoms with Crippen molar-refractivity contribution >= 4 is 23.4 Å². The van der Waals surface area contributed by atoms with Crippen LogP contribution in [0.15, 0.2) is 45.2 Å². The molecule has 1 atom stereocenters. The highest BCUT2D eigenvalue weighted by molar-refractivity contribution is 7.99. The van der Waals surface area contributed by atoms with Crippen LogP contribution in [0.5, 0.6) is 5.88 Å². The number of hydrogen-bond donors (Lipinski definition) is 1. The number of aromatic nitrogens is 2. The topological polar surface area (TPSA) is 55.0 Å². The Labute approximate surface area is 126 Å². The molecule has 0 aliphatic heterocycles. The molecule has 1 heterocycles. The Morgan fingerprint density at radius 1 is 1.40 bits per heavy atom. The molecule has 0 spiro atoms. The summed E-state index contributed by atoms with van der Waals surface area (Å²) in [4.78, 5) is 19.5. The predicted molar refractivity (Wildman–Crippen MR) is 80.8 cm³/mol. The van der Waals surface area contributed by atoms with Gasteiger partial charge in [-0.25, -0.2) is 0 Å². The highest BCUT2D eigenvalue weighted by atomic mass is 35.5. The molecule has 106 valence electrons. The smallest absolute Gasteiger partial charge is 0.255 e. The summed E-state index contributed by atoms with van der Waals surface area (Å²) in [7, 11) is 0. The minimum Gasteiger partial charge on any atom is -0.474 e. The molecule has 1 aromatic carbocycles. The van der Waals surface area contributed by atoms with E-state index in [4.69, 9.17) is 16.3 Å². The Hall–Kier alpha value is -1.46. The summed E-state index contributed by atoms with van der Waals surface area (Å²) in [5.74, 6) is 0.347. The number of aromatic amines is 1. The van der Waals surface area contributed by atoms with Crippen LogP contribution < -0.4 is 10.3 Å². The molecular weight excluding hydrogens is 296 g/mol. The summed E-state index contributed by atoms with van der Waals surface area (Å²) < 4.78 is 5.58. The zero-order chi connectivity index (χ0) is 14.5. The lowest BCUT2D eigenvalue weighted by Crippen LogP contribution is -2.15. The van der Waals surface area contributed by atoms with Crippen molar-refractivity contribution in [2.45, 2.75) is 36.4 Å². The van der Waals surface area contributed by atoms with Crippen molar-refractivity contribution in [3.05, 3.63) is 45.7 Å². The highest BCUT2D eigenvalue weighted by Gasteiger charge is 2.07. The van der Waals surface area contributed by atoms with E-state index in [1.165, 1.54) is 17.8 Å². The molecular formula is C14H15ClN2O2S. The normalized spacial score (nSPS) is 12.2. The Bertz CT molecular complexity index is 628. The fourth-order valence-electron chi connectivity index (χ4n) is 1.43. The van der Waals surface area contributed by atoms with Gasteiger partial charge in [-0.15, -0.1) is 0 Å². The Morgan fingerprint density at radius 3 is 2.75 bits per heavy atom. The molecule has 0 aliphatic carbocycles. The van der Waals surface area contributed by atoms with Gasteiger partial charge in [0.1, 0.15) is 0 Å². The number of ether oxygens (including phenoxy) is 1. The lowest BCUT2D eigenvalue weighted by Gasteiger charge is -2.11. The molecule has 0 saturated carbocycles. The van der Waals surface area contributed by atoms with Gasteiger partial charge in [0.05, 0.1) is 12.2 Å². The van der Waals surface area contributed by atoms with Crippen molar-refractivity contribution in [1.29, 1.82) is 0 Å². The van der Waals surface area contributed by atoms with Gasteiger partial charge < -0.3 is 9.72 Å². The first-order chi connectivity index (χ1) is 9.56. The highest BCUT2D eigenvalue weighted by Crippen LogP contribution is 2.26. The van der Waals surface area contributed by atoms with E-state index in [2.05, 4.69) is 9.97 Å². The van der Waals surface area contributed by atoms with Crippen LogP contribution in [0.1, 0.15) is 20.3 Å². The van der Waals surface area contributed by atoms with Crippen molar-refractivity contribution in [1.82, 2.24) is 9.97 Å². The van der Waals surface area contributed by atoms with Gasteiger partial charge in [0, 0.05) is 9.92 Å². The Morgan fingerprint density at radius 2 is 2.10 bits per heavy atom. The molecule has 2 aromatic rings. The molecule has 1 N–H and O–H groups in total. The molecule has 0 aliphatic rings. The van der Waals surface area contributed by atoms with Crippen LogP contribution in [0.2, 0.25) is 5.02 Å². The number of H-pyrrole nitrogens is 1. The minimum atomic E-state index is -0.227. The van der Waals surface area contributed by atoms with Gasteiger partial charge in [-0.05, 0) is 37.6 Å². The number of halogens is 1. The number of rotatable bonds is 5. The second-order valence-electron chi connectivity index (χ2n) is 4.28. The van der Waals surface area contributed by atoms with Crippen molar-refractivity contribution in [3.8, 4) is 5.88 Å². The van der Waals surface area contributed by atoms with Gasteiger partial charge in [0.25, 0.3) is 5.56 Å². The summed E-state index contributed by atoms with van der Waals surface area (Å²) in [5, 5.41) is 1.17. The van der Waals surface area contributed by atoms with E-state index in [0.29, 0.717) is 16.1 Å². The molecule has 0 saturated heterocycles. The van der Waals surface area contributed by atoms with Crippen LogP contribution in [0, 0.1) is 0 Å². The first-order valence-corrected chi connectivity index (χ1v) is 7.47. The summed E-state index contributed by atoms with van der Waals surface area (Å²) in [5.41, 5.74) is -0.227. The number of hydrogen-bond acceptors (Lipinski definition) is 4. The Balaban J connectivity index is 2.19. The molecule has 2 rings (SSSR count). The van der Waals surface area contributed by atoms with Crippen LogP contribution in [-0.4, -0.2) is 16.1 Å². The van der Waals surface area contributed by atoms with Crippen LogP contribution in [0.25, 0.3) is 0 Å². The summed E-state index contributed by atoms with van der Waals surface area (Å²) in [6.45, 7) is 3.95. The van der Waals surface area contributed by atoms with Gasteiger partial charge in [0.15, 0.2) is 5.16 Å². The van der Waals surface area contributed by atoms with E-state index in [9.17, 15) is 4.79 Å². The van der Waals surface area contributed by atoms with E-state index >= 15 is 0 Å². The first-order valence-electron chi connectivity index (χ1n) is 6.28. The lowest BCUT2D eigenvalue weighted by atomic mass is 10.3. The molecule has 0 bridgehead atoms. The second-order valence-corrected chi connectivity index (χ2v) is 5.78. The van der Waals surface area contributed by atoms with Gasteiger partial charge in [0.2, 0.25) is 5.88 Å². The van der Waals surface area contributed by atoms with Crippen LogP contribution in [0.3, 0.4) is 0 Å². The van der Waals surface area contributed by atoms with Crippen molar-refractivity contribution in [2.75, 3.05) is 0 Å². The molecule has 0 fully saturated rings. The van der Waals surface area contributed by atoms with Crippen LogP contribution in [0.4, 0.5) is 0 Å². The lowest BCUT2D eigenvalue weighted by molar-refractivity contribution is 0.206. The van der Waals surface area contributed by atoms with E-state index in [1.54, 1.807) is 12.1 Å². The number of benzene rings is 1. The molecule has 1 unspecified atom stereocenters. The van der Waals surface area contributed by atoms with E-state index < -0.39 is 0 Å². The maximum absolute atomic E-state index is 11.6. The van der Waals surface area contributed by atoms with Crippen molar-refractivity contribution < 1.29 is 4.74 Å². The van der Waals surface area contributed by atoms with E-state index in [1.807, 2.05) is 26.0 Å². The van der Waals surface area contributed by atoms with E-state index in [-0.39, 0.29) is 11.7 Å². The zero-order valence-electron chi connectivity index (χ0n) is 11.2. The maximum Gasteiger partial charge on any atom is 0.255 e. The van der Waals surface area contributed by atoms with Crippen molar-refractivity contribution in [2.24, 2.45) is 0 Å². The van der Waals surface area contributed by atoms with Gasteiger partial charge in [-0.3, -0.25) is 4.79 Å². The summed E-state index contributed by atoms with van der Waals surface area (Å²) in [6.07, 6.45) is 0.881. The third-order valence-corrected chi connectivity index (χ3v) is 3.77. The van der Waals surface area contributed by atoms with E-state index in [0.717, 1.165) is 11.3 Å². The third-order valence-electron chi connectivity index (χ3n) is 2.62. The third kappa shape index (κ3) is 4.28. The molecule has 1 aromatic heterocycles. The standard InChI is InChI=1S/C14H15ClN2O2S/c1-3-9(2)19-13-8-12(18)16-14(17-13)20-11-6-4-10(15)5-7-11/h4-9H,3H2,1-2H3,(H,16,17,18). The predicted octanol–water partition coefficient (Wildman–Crippen LogP) is 3.75. The Kier molecular flexibility index (Phi) is 5.09.